The summed E-state index contributed by atoms with van der Waals surface area (Å²) in [4.78, 5) is 30.5. The number of amides is 1. The molecule has 6 rings (SSSR count). The van der Waals surface area contributed by atoms with E-state index >= 15 is 0 Å². The van der Waals surface area contributed by atoms with Gasteiger partial charge in [0.05, 0.1) is 35.8 Å². The third kappa shape index (κ3) is 4.66. The van der Waals surface area contributed by atoms with E-state index < -0.39 is 9.84 Å². The molecular formula is C28H31N7O4S. The second-order valence-electron chi connectivity index (χ2n) is 10.6. The van der Waals surface area contributed by atoms with Crippen LogP contribution in [0.1, 0.15) is 25.5 Å². The zero-order valence-electron chi connectivity index (χ0n) is 22.9. The molecule has 0 unspecified atom stereocenters. The molecular weight excluding hydrogens is 530 g/mol. The summed E-state index contributed by atoms with van der Waals surface area (Å²) >= 11 is 0. The molecule has 4 aromatic heterocycles. The number of methoxy groups -OCH3 is 1. The van der Waals surface area contributed by atoms with Crippen molar-refractivity contribution < 1.29 is 17.9 Å². The molecule has 2 fully saturated rings. The molecule has 0 aliphatic carbocycles. The zero-order valence-corrected chi connectivity index (χ0v) is 23.7. The molecule has 4 aromatic rings. The molecule has 0 N–H and O–H groups in total. The van der Waals surface area contributed by atoms with E-state index in [2.05, 4.69) is 15.0 Å². The third-order valence-electron chi connectivity index (χ3n) is 7.84. The van der Waals surface area contributed by atoms with Crippen molar-refractivity contribution >= 4 is 38.2 Å². The van der Waals surface area contributed by atoms with Crippen LogP contribution in [0.3, 0.4) is 0 Å². The van der Waals surface area contributed by atoms with Gasteiger partial charge >= 0.3 is 0 Å². The summed E-state index contributed by atoms with van der Waals surface area (Å²) in [6.07, 6.45) is 7.71. The van der Waals surface area contributed by atoms with Crippen LogP contribution in [0.25, 0.3) is 28.0 Å². The normalized spacial score (nSPS) is 19.4. The number of sulfone groups is 1. The third-order valence-corrected chi connectivity index (χ3v) is 8.87. The fourth-order valence-electron chi connectivity index (χ4n) is 5.65. The first-order valence-corrected chi connectivity index (χ1v) is 15.3. The molecule has 0 bridgehead atoms. The van der Waals surface area contributed by atoms with E-state index in [0.29, 0.717) is 42.6 Å². The number of nitrogens with zero attached hydrogens (tertiary/aromatic N) is 7. The summed E-state index contributed by atoms with van der Waals surface area (Å²) in [6.45, 7) is 5.18. The van der Waals surface area contributed by atoms with Gasteiger partial charge in [0.25, 0.3) is 0 Å². The number of aromatic nitrogens is 5. The standard InChI is InChI=1S/C28H31N7O4S/c1-17-21-14-30-35(24(21)12-23(31-17)22-13-29-8-7-25(22)39-3)27-11-20(10-26(32-27)33-9-5-6-28(33)36)34-15-19(18(34)2)16-40(4,37)38/h7-8,10-14,18-19H,5-6,9,15-16H2,1-4H3/t18-,19-/m1/s1. The Morgan fingerprint density at radius 1 is 1.12 bits per heavy atom. The monoisotopic (exact) mass is 561 g/mol. The van der Waals surface area contributed by atoms with Gasteiger partial charge in [-0.05, 0) is 32.4 Å². The van der Waals surface area contributed by atoms with Crippen LogP contribution in [0, 0.1) is 12.8 Å². The second-order valence-corrected chi connectivity index (χ2v) is 12.8. The van der Waals surface area contributed by atoms with Gasteiger partial charge in [-0.3, -0.25) is 19.7 Å². The summed E-state index contributed by atoms with van der Waals surface area (Å²) in [6, 6.07) is 7.63. The molecule has 0 radical (unpaired) electrons. The molecule has 2 aliphatic rings. The Bertz CT molecular complexity index is 1740. The quantitative estimate of drug-likeness (QED) is 0.335. The van der Waals surface area contributed by atoms with Gasteiger partial charge in [-0.1, -0.05) is 0 Å². The van der Waals surface area contributed by atoms with Crippen molar-refractivity contribution in [3.8, 4) is 22.8 Å². The highest BCUT2D eigenvalue weighted by atomic mass is 32.2. The summed E-state index contributed by atoms with van der Waals surface area (Å²) in [5.41, 5.74) is 3.95. The Morgan fingerprint density at radius 3 is 2.62 bits per heavy atom. The minimum absolute atomic E-state index is 0.0255. The first kappa shape index (κ1) is 26.2. The lowest BCUT2D eigenvalue weighted by Crippen LogP contribution is -2.57. The van der Waals surface area contributed by atoms with Crippen LogP contribution in [0.4, 0.5) is 11.5 Å². The van der Waals surface area contributed by atoms with E-state index in [1.165, 1.54) is 6.26 Å². The van der Waals surface area contributed by atoms with Crippen LogP contribution < -0.4 is 14.5 Å². The number of hydrogen-bond donors (Lipinski definition) is 0. The van der Waals surface area contributed by atoms with Gasteiger partial charge in [0.1, 0.15) is 21.4 Å². The smallest absolute Gasteiger partial charge is 0.228 e. The van der Waals surface area contributed by atoms with Gasteiger partial charge in [0.2, 0.25) is 5.91 Å². The lowest BCUT2D eigenvalue weighted by molar-refractivity contribution is -0.117. The molecule has 0 spiro atoms. The highest BCUT2D eigenvalue weighted by Crippen LogP contribution is 2.36. The summed E-state index contributed by atoms with van der Waals surface area (Å²) in [5.74, 6) is 2.03. The number of rotatable bonds is 7. The van der Waals surface area contributed by atoms with E-state index in [0.717, 1.165) is 34.3 Å². The predicted octanol–water partition coefficient (Wildman–Crippen LogP) is 3.19. The number of carbonyl (C=O) groups is 1. The first-order chi connectivity index (χ1) is 19.1. The minimum Gasteiger partial charge on any atom is -0.496 e. The molecule has 2 atom stereocenters. The van der Waals surface area contributed by atoms with Crippen molar-refractivity contribution in [3.63, 3.8) is 0 Å². The molecule has 0 saturated carbocycles. The van der Waals surface area contributed by atoms with E-state index in [4.69, 9.17) is 14.7 Å². The Balaban J connectivity index is 1.46. The average molecular weight is 562 g/mol. The van der Waals surface area contributed by atoms with E-state index in [9.17, 15) is 13.2 Å². The summed E-state index contributed by atoms with van der Waals surface area (Å²) < 4.78 is 31.1. The van der Waals surface area contributed by atoms with E-state index in [1.54, 1.807) is 41.3 Å². The van der Waals surface area contributed by atoms with Gasteiger partial charge in [-0.15, -0.1) is 0 Å². The maximum atomic E-state index is 12.7. The topological polar surface area (TPSA) is 123 Å². The maximum absolute atomic E-state index is 12.7. The largest absolute Gasteiger partial charge is 0.496 e. The molecule has 11 nitrogen and oxygen atoms in total. The minimum atomic E-state index is -3.08. The predicted molar refractivity (Wildman–Crippen MR) is 153 cm³/mol. The van der Waals surface area contributed by atoms with Crippen LogP contribution in [-0.4, -0.2) is 77.3 Å². The van der Waals surface area contributed by atoms with Crippen LogP contribution in [-0.2, 0) is 14.6 Å². The fourth-order valence-corrected chi connectivity index (χ4v) is 6.81. The van der Waals surface area contributed by atoms with Crippen LogP contribution >= 0.6 is 0 Å². The number of ether oxygens (including phenoxy) is 1. The van der Waals surface area contributed by atoms with Crippen LogP contribution in [0.15, 0.2) is 42.9 Å². The highest BCUT2D eigenvalue weighted by molar-refractivity contribution is 7.90. The zero-order chi connectivity index (χ0) is 28.2. The molecule has 2 aliphatic heterocycles. The number of anilines is 2. The Morgan fingerprint density at radius 2 is 1.93 bits per heavy atom. The molecule has 208 valence electrons. The highest BCUT2D eigenvalue weighted by Gasteiger charge is 2.38. The van der Waals surface area contributed by atoms with Crippen LogP contribution in [0.5, 0.6) is 5.75 Å². The molecule has 12 heteroatoms. The Labute approximate surface area is 232 Å². The lowest BCUT2D eigenvalue weighted by atomic mass is 9.91. The molecule has 2 saturated heterocycles. The second kappa shape index (κ2) is 9.84. The Kier molecular flexibility index (Phi) is 6.44. The summed E-state index contributed by atoms with van der Waals surface area (Å²) in [7, 11) is -1.47. The van der Waals surface area contributed by atoms with Gasteiger partial charge in [-0.2, -0.15) is 5.10 Å². The number of hydrogen-bond acceptors (Lipinski definition) is 9. The van der Waals surface area contributed by atoms with Gasteiger partial charge in [0, 0.05) is 79.0 Å². The van der Waals surface area contributed by atoms with E-state index in [1.807, 2.05) is 32.0 Å². The fraction of sp³-hybridized carbons (Fsp3) is 0.393. The van der Waals surface area contributed by atoms with Crippen molar-refractivity contribution in [3.05, 3.63) is 48.5 Å². The summed E-state index contributed by atoms with van der Waals surface area (Å²) in [5, 5.41) is 5.56. The molecule has 6 heterocycles. The van der Waals surface area contributed by atoms with Gasteiger partial charge in [0.15, 0.2) is 5.82 Å². The van der Waals surface area contributed by atoms with Crippen LogP contribution in [0.2, 0.25) is 0 Å². The van der Waals surface area contributed by atoms with Gasteiger partial charge < -0.3 is 9.64 Å². The van der Waals surface area contributed by atoms with Crippen molar-refractivity contribution in [1.82, 2.24) is 24.7 Å². The molecule has 0 aromatic carbocycles. The SMILES string of the molecule is COc1ccncc1-c1cc2c(cnn2-c2cc(N3C[C@H](CS(C)(=O)=O)[C@H]3C)cc(N3CCCC3=O)n2)c(C)n1. The average Bonchev–Trinajstić information content (AvgIpc) is 3.56. The number of pyridine rings is 3. The van der Waals surface area contributed by atoms with Crippen molar-refractivity contribution in [1.29, 1.82) is 0 Å². The number of carbonyl (C=O) groups excluding carboxylic acids is 1. The Hall–Kier alpha value is -4.06. The van der Waals surface area contributed by atoms with Crippen molar-refractivity contribution in [2.24, 2.45) is 5.92 Å². The van der Waals surface area contributed by atoms with Crippen molar-refractivity contribution in [2.75, 3.05) is 42.0 Å². The maximum Gasteiger partial charge on any atom is 0.228 e. The van der Waals surface area contributed by atoms with Crippen molar-refractivity contribution in [2.45, 2.75) is 32.7 Å². The first-order valence-electron chi connectivity index (χ1n) is 13.2. The van der Waals surface area contributed by atoms with Gasteiger partial charge in [-0.25, -0.2) is 18.1 Å². The molecule has 40 heavy (non-hydrogen) atoms. The number of aryl methyl sites for hydroxylation is 1. The number of fused-ring (bicyclic) bond motifs is 1. The lowest BCUT2D eigenvalue weighted by Gasteiger charge is -2.48. The molecule has 1 amide bonds. The van der Waals surface area contributed by atoms with E-state index in [-0.39, 0.29) is 23.6 Å².